The van der Waals surface area contributed by atoms with Crippen LogP contribution in [0.15, 0.2) is 36.4 Å². The number of hydrogen-bond acceptors (Lipinski definition) is 2. The van der Waals surface area contributed by atoms with Gasteiger partial charge in [0.15, 0.2) is 0 Å². The summed E-state index contributed by atoms with van der Waals surface area (Å²) >= 11 is 6.02. The minimum Gasteiger partial charge on any atom is -0.398 e. The molecule has 0 fully saturated rings. The molecular weight excluding hydrogens is 260 g/mol. The van der Waals surface area contributed by atoms with Gasteiger partial charge >= 0.3 is 0 Å². The van der Waals surface area contributed by atoms with E-state index >= 15 is 0 Å². The average Bonchev–Trinajstić information content (AvgIpc) is 2.37. The zero-order chi connectivity index (χ0) is 14.0. The zero-order valence-electron chi connectivity index (χ0n) is 10.8. The number of anilines is 2. The molecule has 0 aliphatic heterocycles. The third kappa shape index (κ3) is 2.88. The first-order chi connectivity index (χ1) is 8.99. The number of benzene rings is 2. The third-order valence-corrected chi connectivity index (χ3v) is 3.41. The maximum absolute atomic E-state index is 12.1. The van der Waals surface area contributed by atoms with Crippen LogP contribution in [0.2, 0.25) is 5.02 Å². The van der Waals surface area contributed by atoms with Crippen LogP contribution in [0.5, 0.6) is 0 Å². The van der Waals surface area contributed by atoms with E-state index in [2.05, 4.69) is 5.32 Å². The fraction of sp³-hybridized carbons (Fsp3) is 0.133. The third-order valence-electron chi connectivity index (χ3n) is 3.00. The van der Waals surface area contributed by atoms with Crippen molar-refractivity contribution in [1.82, 2.24) is 0 Å². The van der Waals surface area contributed by atoms with E-state index in [1.54, 1.807) is 12.1 Å². The number of carbonyl (C=O) groups is 1. The van der Waals surface area contributed by atoms with Crippen molar-refractivity contribution in [3.8, 4) is 0 Å². The molecule has 0 aliphatic rings. The van der Waals surface area contributed by atoms with Crippen LogP contribution in [0.25, 0.3) is 0 Å². The Morgan fingerprint density at radius 2 is 1.89 bits per heavy atom. The zero-order valence-corrected chi connectivity index (χ0v) is 11.6. The fourth-order valence-corrected chi connectivity index (χ4v) is 1.93. The minimum atomic E-state index is -0.235. The summed E-state index contributed by atoms with van der Waals surface area (Å²) in [5, 5.41) is 3.41. The number of aryl methyl sites for hydroxylation is 2. The standard InChI is InChI=1S/C15H15ClN2O/c1-9-6-7-11(8-13(9)16)18-15(19)12-5-3-4-10(2)14(12)17/h3-8H,17H2,1-2H3,(H,18,19). The average molecular weight is 275 g/mol. The molecule has 0 saturated heterocycles. The monoisotopic (exact) mass is 274 g/mol. The molecule has 0 aromatic heterocycles. The molecule has 19 heavy (non-hydrogen) atoms. The molecule has 0 radical (unpaired) electrons. The Labute approximate surface area is 117 Å². The molecular formula is C15H15ClN2O. The van der Waals surface area contributed by atoms with Crippen molar-refractivity contribution in [2.45, 2.75) is 13.8 Å². The van der Waals surface area contributed by atoms with Crippen LogP contribution >= 0.6 is 11.6 Å². The molecule has 2 rings (SSSR count). The van der Waals surface area contributed by atoms with Gasteiger partial charge in [-0.15, -0.1) is 0 Å². The highest BCUT2D eigenvalue weighted by Crippen LogP contribution is 2.22. The predicted octanol–water partition coefficient (Wildman–Crippen LogP) is 3.79. The number of nitrogens with one attached hydrogen (secondary N) is 1. The molecule has 3 nitrogen and oxygen atoms in total. The Morgan fingerprint density at radius 1 is 1.16 bits per heavy atom. The molecule has 0 spiro atoms. The van der Waals surface area contributed by atoms with Crippen molar-refractivity contribution >= 4 is 28.9 Å². The second kappa shape index (κ2) is 5.33. The lowest BCUT2D eigenvalue weighted by Gasteiger charge is -2.10. The summed E-state index contributed by atoms with van der Waals surface area (Å²) in [7, 11) is 0. The van der Waals surface area contributed by atoms with Crippen LogP contribution in [0.4, 0.5) is 11.4 Å². The highest BCUT2D eigenvalue weighted by Gasteiger charge is 2.11. The molecule has 2 aromatic rings. The van der Waals surface area contributed by atoms with Crippen LogP contribution in [-0.4, -0.2) is 5.91 Å². The van der Waals surface area contributed by atoms with Crippen LogP contribution in [-0.2, 0) is 0 Å². The number of nitrogen functional groups attached to an aromatic ring is 1. The van der Waals surface area contributed by atoms with E-state index in [1.807, 2.05) is 38.1 Å². The summed E-state index contributed by atoms with van der Waals surface area (Å²) in [4.78, 5) is 12.1. The van der Waals surface area contributed by atoms with Gasteiger partial charge in [0.2, 0.25) is 0 Å². The van der Waals surface area contributed by atoms with E-state index in [-0.39, 0.29) is 5.91 Å². The lowest BCUT2D eigenvalue weighted by Crippen LogP contribution is -2.14. The summed E-state index contributed by atoms with van der Waals surface area (Å²) in [6.45, 7) is 3.78. The molecule has 0 bridgehead atoms. The topological polar surface area (TPSA) is 55.1 Å². The van der Waals surface area contributed by atoms with E-state index in [0.29, 0.717) is 22.0 Å². The second-order valence-corrected chi connectivity index (χ2v) is 4.86. The Kier molecular flexibility index (Phi) is 3.76. The number of amides is 1. The summed E-state index contributed by atoms with van der Waals surface area (Å²) in [5.41, 5.74) is 9.38. The fourth-order valence-electron chi connectivity index (χ4n) is 1.75. The molecule has 4 heteroatoms. The van der Waals surface area contributed by atoms with E-state index < -0.39 is 0 Å². The molecule has 0 aliphatic carbocycles. The largest absolute Gasteiger partial charge is 0.398 e. The Hall–Kier alpha value is -2.00. The van der Waals surface area contributed by atoms with Crippen molar-refractivity contribution in [2.75, 3.05) is 11.1 Å². The quantitative estimate of drug-likeness (QED) is 0.819. The first kappa shape index (κ1) is 13.4. The van der Waals surface area contributed by atoms with Gasteiger partial charge in [0.05, 0.1) is 5.56 Å². The molecule has 0 heterocycles. The number of para-hydroxylation sites is 1. The number of hydrogen-bond donors (Lipinski definition) is 2. The highest BCUT2D eigenvalue weighted by molar-refractivity contribution is 6.31. The van der Waals surface area contributed by atoms with Gasteiger partial charge < -0.3 is 11.1 Å². The van der Waals surface area contributed by atoms with Crippen LogP contribution < -0.4 is 11.1 Å². The van der Waals surface area contributed by atoms with E-state index in [0.717, 1.165) is 11.1 Å². The van der Waals surface area contributed by atoms with Crippen molar-refractivity contribution in [3.05, 3.63) is 58.1 Å². The van der Waals surface area contributed by atoms with Gasteiger partial charge in [-0.25, -0.2) is 0 Å². The van der Waals surface area contributed by atoms with Crippen molar-refractivity contribution in [3.63, 3.8) is 0 Å². The van der Waals surface area contributed by atoms with Gasteiger partial charge in [-0.1, -0.05) is 29.8 Å². The van der Waals surface area contributed by atoms with Gasteiger partial charge in [0.25, 0.3) is 5.91 Å². The van der Waals surface area contributed by atoms with Crippen LogP contribution in [0, 0.1) is 13.8 Å². The Bertz CT molecular complexity index is 638. The molecule has 0 unspecified atom stereocenters. The molecule has 98 valence electrons. The van der Waals surface area contributed by atoms with Crippen molar-refractivity contribution in [2.24, 2.45) is 0 Å². The number of carbonyl (C=O) groups excluding carboxylic acids is 1. The van der Waals surface area contributed by atoms with Crippen LogP contribution in [0.3, 0.4) is 0 Å². The molecule has 1 amide bonds. The summed E-state index contributed by atoms with van der Waals surface area (Å²) in [5.74, 6) is -0.235. The second-order valence-electron chi connectivity index (χ2n) is 4.45. The number of nitrogens with two attached hydrogens (primary N) is 1. The number of rotatable bonds is 2. The van der Waals surface area contributed by atoms with Gasteiger partial charge in [-0.2, -0.15) is 0 Å². The van der Waals surface area contributed by atoms with Gasteiger partial charge in [0.1, 0.15) is 0 Å². The summed E-state index contributed by atoms with van der Waals surface area (Å²) < 4.78 is 0. The van der Waals surface area contributed by atoms with Gasteiger partial charge in [0, 0.05) is 16.4 Å². The van der Waals surface area contributed by atoms with Gasteiger partial charge in [-0.05, 0) is 43.2 Å². The maximum atomic E-state index is 12.1. The smallest absolute Gasteiger partial charge is 0.257 e. The first-order valence-corrected chi connectivity index (χ1v) is 6.29. The van der Waals surface area contributed by atoms with Crippen molar-refractivity contribution < 1.29 is 4.79 Å². The lowest BCUT2D eigenvalue weighted by molar-refractivity contribution is 0.102. The first-order valence-electron chi connectivity index (χ1n) is 5.91. The molecule has 2 aromatic carbocycles. The number of halogens is 1. The van der Waals surface area contributed by atoms with Crippen molar-refractivity contribution in [1.29, 1.82) is 0 Å². The SMILES string of the molecule is Cc1ccc(NC(=O)c2cccc(C)c2N)cc1Cl. The Balaban J connectivity index is 2.26. The van der Waals surface area contributed by atoms with E-state index in [9.17, 15) is 4.79 Å². The van der Waals surface area contributed by atoms with Crippen LogP contribution in [0.1, 0.15) is 21.5 Å². The minimum absolute atomic E-state index is 0.235. The summed E-state index contributed by atoms with van der Waals surface area (Å²) in [6, 6.07) is 10.8. The van der Waals surface area contributed by atoms with Gasteiger partial charge in [-0.3, -0.25) is 4.79 Å². The van der Waals surface area contributed by atoms with E-state index in [4.69, 9.17) is 17.3 Å². The normalized spacial score (nSPS) is 10.3. The van der Waals surface area contributed by atoms with E-state index in [1.165, 1.54) is 0 Å². The molecule has 0 atom stereocenters. The summed E-state index contributed by atoms with van der Waals surface area (Å²) in [6.07, 6.45) is 0. The predicted molar refractivity (Wildman–Crippen MR) is 79.7 cm³/mol. The Morgan fingerprint density at radius 3 is 2.58 bits per heavy atom. The maximum Gasteiger partial charge on any atom is 0.257 e. The lowest BCUT2D eigenvalue weighted by atomic mass is 10.1. The molecule has 0 saturated carbocycles. The highest BCUT2D eigenvalue weighted by atomic mass is 35.5. The molecule has 3 N–H and O–H groups in total.